The Morgan fingerprint density at radius 2 is 1.42 bits per heavy atom. The Hall–Kier alpha value is -1.04. The van der Waals surface area contributed by atoms with Crippen molar-refractivity contribution in [1.82, 2.24) is 0 Å². The number of hydrogen-bond donors (Lipinski definition) is 0. The molecule has 0 atom stereocenters. The van der Waals surface area contributed by atoms with Gasteiger partial charge in [0.25, 0.3) is 0 Å². The molecule has 0 N–H and O–H groups in total. The summed E-state index contributed by atoms with van der Waals surface area (Å²) in [5, 5.41) is 0. The molecule has 0 heteroatoms. The smallest absolute Gasteiger partial charge is 0.0164 e. The van der Waals surface area contributed by atoms with Gasteiger partial charge >= 0.3 is 0 Å². The zero-order chi connectivity index (χ0) is 8.49. The van der Waals surface area contributed by atoms with Crippen LogP contribution in [0, 0.1) is 6.42 Å². The van der Waals surface area contributed by atoms with Gasteiger partial charge in [-0.15, -0.1) is 0 Å². The van der Waals surface area contributed by atoms with Crippen LogP contribution in [0.4, 0.5) is 0 Å². The maximum Gasteiger partial charge on any atom is -0.0164 e. The molecule has 0 amide bonds. The normalized spacial score (nSPS) is 29.3. The Morgan fingerprint density at radius 1 is 0.583 bits per heavy atom. The lowest BCUT2D eigenvalue weighted by atomic mass is 10.2. The van der Waals surface area contributed by atoms with Crippen LogP contribution in [-0.4, -0.2) is 0 Å². The predicted molar refractivity (Wildman–Crippen MR) is 54.7 cm³/mol. The van der Waals surface area contributed by atoms with Crippen molar-refractivity contribution in [2.45, 2.75) is 19.3 Å². The summed E-state index contributed by atoms with van der Waals surface area (Å²) < 4.78 is 0. The lowest BCUT2D eigenvalue weighted by Gasteiger charge is -1.89. The zero-order valence-electron chi connectivity index (χ0n) is 7.32. The fourth-order valence-corrected chi connectivity index (χ4v) is 1.01. The topological polar surface area (TPSA) is 0 Å². The Kier molecular flexibility index (Phi) is 5.02. The molecule has 12 heavy (non-hydrogen) atoms. The molecule has 0 saturated heterocycles. The maximum absolute atomic E-state index is 2.24. The van der Waals surface area contributed by atoms with Crippen molar-refractivity contribution in [3.05, 3.63) is 55.0 Å². The third kappa shape index (κ3) is 4.73. The third-order valence-electron chi connectivity index (χ3n) is 1.66. The van der Waals surface area contributed by atoms with Gasteiger partial charge in [0.15, 0.2) is 0 Å². The first-order valence-corrected chi connectivity index (χ1v) is 4.47. The Bertz CT molecular complexity index is 204. The molecule has 0 heterocycles. The van der Waals surface area contributed by atoms with Gasteiger partial charge in [0.2, 0.25) is 0 Å². The number of rotatable bonds is 0. The van der Waals surface area contributed by atoms with E-state index in [1.165, 1.54) is 0 Å². The summed E-state index contributed by atoms with van der Waals surface area (Å²) >= 11 is 0. The van der Waals surface area contributed by atoms with E-state index < -0.39 is 0 Å². The largest absolute Gasteiger partial charge is 0.0882 e. The van der Waals surface area contributed by atoms with Crippen molar-refractivity contribution in [3.63, 3.8) is 0 Å². The van der Waals surface area contributed by atoms with Crippen LogP contribution in [0.3, 0.4) is 0 Å². The van der Waals surface area contributed by atoms with E-state index >= 15 is 0 Å². The quantitative estimate of drug-likeness (QED) is 0.474. The Balaban J connectivity index is 2.42. The minimum absolute atomic E-state index is 1.05. The molecule has 0 bridgehead atoms. The van der Waals surface area contributed by atoms with Gasteiger partial charge in [-0.2, -0.15) is 0 Å². The van der Waals surface area contributed by atoms with Crippen LogP contribution < -0.4 is 0 Å². The van der Waals surface area contributed by atoms with Crippen LogP contribution in [0.25, 0.3) is 0 Å². The van der Waals surface area contributed by atoms with E-state index in [9.17, 15) is 0 Å². The molecule has 0 nitrogen and oxygen atoms in total. The monoisotopic (exact) mass is 159 g/mol. The average Bonchev–Trinajstić information content (AvgIpc) is 2.05. The van der Waals surface area contributed by atoms with Crippen LogP contribution in [0.2, 0.25) is 0 Å². The fraction of sp³-hybridized carbons (Fsp3) is 0.250. The lowest BCUT2D eigenvalue weighted by Crippen LogP contribution is -1.70. The second-order valence-corrected chi connectivity index (χ2v) is 2.72. The Labute approximate surface area is 75.0 Å². The SMILES string of the molecule is [CH]1/C=C/C=C\C=C\C/C=C/CC1. The van der Waals surface area contributed by atoms with Gasteiger partial charge in [0.1, 0.15) is 0 Å². The molecule has 0 aromatic heterocycles. The molecule has 0 spiro atoms. The standard InChI is InChI=1S/C12H15/c1-2-4-6-8-10-12-11-9-7-5-3-1/h1-7,10,12H,8-9,11H2/b2-1-,5-3+,6-4+,12-10+. The molecule has 0 saturated carbocycles. The van der Waals surface area contributed by atoms with Gasteiger partial charge in [0.05, 0.1) is 0 Å². The van der Waals surface area contributed by atoms with E-state index in [1.54, 1.807) is 0 Å². The molecule has 1 aliphatic rings. The molecule has 63 valence electrons. The van der Waals surface area contributed by atoms with Gasteiger partial charge < -0.3 is 0 Å². The molecule has 0 unspecified atom stereocenters. The summed E-state index contributed by atoms with van der Waals surface area (Å²) in [7, 11) is 0. The van der Waals surface area contributed by atoms with Gasteiger partial charge in [-0.05, 0) is 25.7 Å². The fourth-order valence-electron chi connectivity index (χ4n) is 1.01. The number of allylic oxidation sites excluding steroid dienone is 8. The summed E-state index contributed by atoms with van der Waals surface area (Å²) in [4.78, 5) is 0. The second-order valence-electron chi connectivity index (χ2n) is 2.72. The average molecular weight is 159 g/mol. The van der Waals surface area contributed by atoms with Crippen molar-refractivity contribution < 1.29 is 0 Å². The summed E-state index contributed by atoms with van der Waals surface area (Å²) in [5.41, 5.74) is 0. The lowest BCUT2D eigenvalue weighted by molar-refractivity contribution is 0.998. The van der Waals surface area contributed by atoms with Crippen molar-refractivity contribution in [3.8, 4) is 0 Å². The first-order chi connectivity index (χ1) is 6.00. The van der Waals surface area contributed by atoms with Gasteiger partial charge in [-0.1, -0.05) is 48.6 Å². The van der Waals surface area contributed by atoms with Crippen LogP contribution >= 0.6 is 0 Å². The van der Waals surface area contributed by atoms with E-state index in [0.29, 0.717) is 0 Å². The highest BCUT2D eigenvalue weighted by Crippen LogP contribution is 1.99. The minimum atomic E-state index is 1.05. The molecule has 0 aliphatic heterocycles. The first-order valence-electron chi connectivity index (χ1n) is 4.47. The van der Waals surface area contributed by atoms with Crippen molar-refractivity contribution in [2.75, 3.05) is 0 Å². The molecule has 0 fully saturated rings. The highest BCUT2D eigenvalue weighted by atomic mass is 13.9. The van der Waals surface area contributed by atoms with E-state index in [-0.39, 0.29) is 0 Å². The summed E-state index contributed by atoms with van der Waals surface area (Å²) in [6, 6.07) is 0. The minimum Gasteiger partial charge on any atom is -0.0882 e. The highest BCUT2D eigenvalue weighted by molar-refractivity contribution is 5.14. The van der Waals surface area contributed by atoms with Crippen molar-refractivity contribution >= 4 is 0 Å². The first kappa shape index (κ1) is 9.05. The molecule has 0 aromatic rings. The summed E-state index contributed by atoms with van der Waals surface area (Å²) in [6.07, 6.45) is 22.5. The summed E-state index contributed by atoms with van der Waals surface area (Å²) in [5.74, 6) is 0. The van der Waals surface area contributed by atoms with Crippen LogP contribution in [-0.2, 0) is 0 Å². The van der Waals surface area contributed by atoms with Gasteiger partial charge in [0, 0.05) is 0 Å². The van der Waals surface area contributed by atoms with Crippen LogP contribution in [0.1, 0.15) is 19.3 Å². The van der Waals surface area contributed by atoms with E-state index in [0.717, 1.165) is 19.3 Å². The molecule has 1 aliphatic carbocycles. The molecular formula is C12H15. The zero-order valence-corrected chi connectivity index (χ0v) is 7.32. The maximum atomic E-state index is 2.24. The van der Waals surface area contributed by atoms with E-state index in [2.05, 4.69) is 55.0 Å². The Morgan fingerprint density at radius 3 is 2.42 bits per heavy atom. The predicted octanol–water partition coefficient (Wildman–Crippen LogP) is 3.60. The van der Waals surface area contributed by atoms with E-state index in [1.807, 2.05) is 0 Å². The van der Waals surface area contributed by atoms with Gasteiger partial charge in [-0.25, -0.2) is 0 Å². The molecular weight excluding hydrogens is 144 g/mol. The molecule has 0 aromatic carbocycles. The summed E-state index contributed by atoms with van der Waals surface area (Å²) in [6.45, 7) is 0. The van der Waals surface area contributed by atoms with E-state index in [4.69, 9.17) is 0 Å². The second kappa shape index (κ2) is 6.66. The van der Waals surface area contributed by atoms with Crippen LogP contribution in [0.15, 0.2) is 48.6 Å². The van der Waals surface area contributed by atoms with Gasteiger partial charge in [-0.3, -0.25) is 0 Å². The molecule has 1 rings (SSSR count). The number of hydrogen-bond acceptors (Lipinski definition) is 0. The van der Waals surface area contributed by atoms with Crippen molar-refractivity contribution in [1.29, 1.82) is 0 Å². The third-order valence-corrected chi connectivity index (χ3v) is 1.66. The highest BCUT2D eigenvalue weighted by Gasteiger charge is 1.80. The van der Waals surface area contributed by atoms with Crippen LogP contribution in [0.5, 0.6) is 0 Å². The molecule has 1 radical (unpaired) electrons. The van der Waals surface area contributed by atoms with Crippen molar-refractivity contribution in [2.24, 2.45) is 0 Å².